The lowest BCUT2D eigenvalue weighted by Crippen LogP contribution is -2.33. The maximum absolute atomic E-state index is 14.1. The molecule has 0 bridgehead atoms. The van der Waals surface area contributed by atoms with Crippen molar-refractivity contribution in [2.45, 2.75) is 30.6 Å². The quantitative estimate of drug-likeness (QED) is 0.345. The average Bonchev–Trinajstić information content (AvgIpc) is 3.33. The SMILES string of the molecule is COc1ccc(Cn2c(=O)c(C3COC(C)N3)c(OS(=O)(=O)c3ccccc3)c3cc(Cl)ccc32)cc1. The number of nitrogens with zero attached hydrogens (tertiary/aromatic N) is 1. The molecule has 3 aromatic carbocycles. The lowest BCUT2D eigenvalue weighted by Gasteiger charge is -2.21. The van der Waals surface area contributed by atoms with E-state index in [0.29, 0.717) is 21.7 Å². The van der Waals surface area contributed by atoms with E-state index in [1.807, 2.05) is 31.2 Å². The fraction of sp³-hybridized carbons (Fsp3) is 0.222. The molecule has 0 radical (unpaired) electrons. The molecule has 10 heteroatoms. The van der Waals surface area contributed by atoms with Gasteiger partial charge in [-0.1, -0.05) is 41.9 Å². The van der Waals surface area contributed by atoms with Crippen molar-refractivity contribution in [1.29, 1.82) is 0 Å². The molecule has 0 spiro atoms. The van der Waals surface area contributed by atoms with Gasteiger partial charge in [-0.25, -0.2) is 0 Å². The molecule has 2 heterocycles. The second-order valence-corrected chi connectivity index (χ2v) is 10.7. The van der Waals surface area contributed by atoms with Gasteiger partial charge in [-0.05, 0) is 55.0 Å². The Labute approximate surface area is 219 Å². The van der Waals surface area contributed by atoms with Crippen LogP contribution in [0.4, 0.5) is 0 Å². The standard InChI is InChI=1S/C27H25ClN2O6S/c1-17-29-23(16-35-17)25-26(36-37(32,33)21-6-4-3-5-7-21)22-14-19(28)10-13-24(22)30(27(25)31)15-18-8-11-20(34-2)12-9-18/h3-14,17,23,29H,15-16H2,1-2H3. The van der Waals surface area contributed by atoms with Crippen molar-refractivity contribution in [2.75, 3.05) is 13.7 Å². The van der Waals surface area contributed by atoms with Gasteiger partial charge in [0.1, 0.15) is 16.9 Å². The minimum atomic E-state index is -4.25. The van der Waals surface area contributed by atoms with Crippen LogP contribution in [0.3, 0.4) is 0 Å². The molecule has 0 aliphatic carbocycles. The highest BCUT2D eigenvalue weighted by Crippen LogP contribution is 2.36. The number of benzene rings is 3. The predicted octanol–water partition coefficient (Wildman–Crippen LogP) is 4.49. The lowest BCUT2D eigenvalue weighted by molar-refractivity contribution is 0.115. The molecule has 0 amide bonds. The highest BCUT2D eigenvalue weighted by atomic mass is 35.5. The Balaban J connectivity index is 1.74. The smallest absolute Gasteiger partial charge is 0.339 e. The second-order valence-electron chi connectivity index (χ2n) is 8.69. The lowest BCUT2D eigenvalue weighted by atomic mass is 10.0. The molecule has 1 saturated heterocycles. The van der Waals surface area contributed by atoms with Gasteiger partial charge >= 0.3 is 10.1 Å². The van der Waals surface area contributed by atoms with Crippen LogP contribution < -0.4 is 19.8 Å². The Hall–Kier alpha value is -3.37. The monoisotopic (exact) mass is 540 g/mol. The molecule has 2 atom stereocenters. The third-order valence-electron chi connectivity index (χ3n) is 6.24. The van der Waals surface area contributed by atoms with E-state index >= 15 is 0 Å². The first-order valence-electron chi connectivity index (χ1n) is 11.6. The summed E-state index contributed by atoms with van der Waals surface area (Å²) < 4.78 is 44.8. The number of methoxy groups -OCH3 is 1. The molecule has 8 nitrogen and oxygen atoms in total. The largest absolute Gasteiger partial charge is 0.497 e. The molecular formula is C27H25ClN2O6S. The zero-order chi connectivity index (χ0) is 26.2. The van der Waals surface area contributed by atoms with Crippen LogP contribution in [0.25, 0.3) is 10.9 Å². The highest BCUT2D eigenvalue weighted by molar-refractivity contribution is 7.87. The van der Waals surface area contributed by atoms with Gasteiger partial charge in [0, 0.05) is 10.4 Å². The van der Waals surface area contributed by atoms with Crippen molar-refractivity contribution in [3.63, 3.8) is 0 Å². The van der Waals surface area contributed by atoms with E-state index in [1.54, 1.807) is 48.1 Å². The number of rotatable bonds is 7. The Bertz CT molecular complexity index is 1600. The van der Waals surface area contributed by atoms with E-state index < -0.39 is 16.2 Å². The Morgan fingerprint density at radius 1 is 1.08 bits per heavy atom. The molecule has 2 unspecified atom stereocenters. The maximum atomic E-state index is 14.1. The molecule has 1 aliphatic heterocycles. The van der Waals surface area contributed by atoms with Gasteiger partial charge in [0.2, 0.25) is 0 Å². The number of hydrogen-bond donors (Lipinski definition) is 1. The number of fused-ring (bicyclic) bond motifs is 1. The summed E-state index contributed by atoms with van der Waals surface area (Å²) in [5.74, 6) is 0.636. The Morgan fingerprint density at radius 2 is 1.81 bits per heavy atom. The molecule has 1 aliphatic rings. The van der Waals surface area contributed by atoms with Crippen molar-refractivity contribution in [2.24, 2.45) is 0 Å². The van der Waals surface area contributed by atoms with E-state index in [0.717, 1.165) is 5.56 Å². The number of aromatic nitrogens is 1. The topological polar surface area (TPSA) is 95.9 Å². The molecule has 1 aromatic heterocycles. The highest BCUT2D eigenvalue weighted by Gasteiger charge is 2.33. The molecule has 37 heavy (non-hydrogen) atoms. The molecular weight excluding hydrogens is 516 g/mol. The average molecular weight is 541 g/mol. The summed E-state index contributed by atoms with van der Waals surface area (Å²) in [5, 5.41) is 3.98. The van der Waals surface area contributed by atoms with Crippen LogP contribution in [-0.2, 0) is 21.4 Å². The zero-order valence-electron chi connectivity index (χ0n) is 20.2. The summed E-state index contributed by atoms with van der Waals surface area (Å²) in [7, 11) is -2.67. The number of pyridine rings is 1. The summed E-state index contributed by atoms with van der Waals surface area (Å²) in [6.45, 7) is 2.23. The minimum absolute atomic E-state index is 0.0254. The van der Waals surface area contributed by atoms with Gasteiger partial charge in [0.05, 0.1) is 37.4 Å². The Morgan fingerprint density at radius 3 is 2.46 bits per heavy atom. The molecule has 1 fully saturated rings. The van der Waals surface area contributed by atoms with Crippen molar-refractivity contribution in [3.05, 3.63) is 99.3 Å². The van der Waals surface area contributed by atoms with Crippen molar-refractivity contribution < 1.29 is 22.1 Å². The molecule has 0 saturated carbocycles. The van der Waals surface area contributed by atoms with Gasteiger partial charge in [-0.3, -0.25) is 10.1 Å². The predicted molar refractivity (Wildman–Crippen MR) is 141 cm³/mol. The van der Waals surface area contributed by atoms with Crippen LogP contribution in [0.1, 0.15) is 24.1 Å². The van der Waals surface area contributed by atoms with Gasteiger partial charge < -0.3 is 18.2 Å². The molecule has 192 valence electrons. The third-order valence-corrected chi connectivity index (χ3v) is 7.71. The van der Waals surface area contributed by atoms with Crippen LogP contribution >= 0.6 is 11.6 Å². The van der Waals surface area contributed by atoms with Crippen molar-refractivity contribution in [1.82, 2.24) is 9.88 Å². The van der Waals surface area contributed by atoms with Gasteiger partial charge in [0.25, 0.3) is 5.56 Å². The van der Waals surface area contributed by atoms with E-state index in [4.69, 9.17) is 25.3 Å². The van der Waals surface area contributed by atoms with Crippen LogP contribution in [0.5, 0.6) is 11.5 Å². The normalized spacial score (nSPS) is 17.7. The number of hydrogen-bond acceptors (Lipinski definition) is 7. The van der Waals surface area contributed by atoms with E-state index in [1.165, 1.54) is 12.1 Å². The van der Waals surface area contributed by atoms with Crippen LogP contribution in [0.15, 0.2) is 82.5 Å². The molecule has 1 N–H and O–H groups in total. The van der Waals surface area contributed by atoms with Crippen LogP contribution in [0, 0.1) is 0 Å². The maximum Gasteiger partial charge on any atom is 0.339 e. The summed E-state index contributed by atoms with van der Waals surface area (Å²) >= 11 is 6.35. The minimum Gasteiger partial charge on any atom is -0.497 e. The number of ether oxygens (including phenoxy) is 2. The second kappa shape index (κ2) is 10.2. The number of nitrogens with one attached hydrogen (secondary N) is 1. The fourth-order valence-electron chi connectivity index (χ4n) is 4.42. The third kappa shape index (κ3) is 5.08. The van der Waals surface area contributed by atoms with Crippen LogP contribution in [-0.4, -0.2) is 32.9 Å². The summed E-state index contributed by atoms with van der Waals surface area (Å²) in [6, 6.07) is 19.5. The summed E-state index contributed by atoms with van der Waals surface area (Å²) in [6.07, 6.45) is -0.326. The first-order valence-corrected chi connectivity index (χ1v) is 13.4. The summed E-state index contributed by atoms with van der Waals surface area (Å²) in [4.78, 5) is 14.0. The van der Waals surface area contributed by atoms with Crippen molar-refractivity contribution in [3.8, 4) is 11.5 Å². The van der Waals surface area contributed by atoms with Crippen molar-refractivity contribution >= 4 is 32.6 Å². The zero-order valence-corrected chi connectivity index (χ0v) is 21.8. The Kier molecular flexibility index (Phi) is 6.96. The first-order chi connectivity index (χ1) is 17.8. The fourth-order valence-corrected chi connectivity index (χ4v) is 5.58. The van der Waals surface area contributed by atoms with E-state index in [9.17, 15) is 13.2 Å². The summed E-state index contributed by atoms with van der Waals surface area (Å²) in [5.41, 5.74) is 1.12. The number of halogens is 1. The van der Waals surface area contributed by atoms with E-state index in [2.05, 4.69) is 5.32 Å². The first kappa shape index (κ1) is 25.3. The van der Waals surface area contributed by atoms with E-state index in [-0.39, 0.29) is 41.1 Å². The van der Waals surface area contributed by atoms with Gasteiger partial charge in [0.15, 0.2) is 5.75 Å². The van der Waals surface area contributed by atoms with Gasteiger partial charge in [-0.2, -0.15) is 8.42 Å². The molecule has 4 aromatic rings. The molecule has 5 rings (SSSR count). The van der Waals surface area contributed by atoms with Gasteiger partial charge in [-0.15, -0.1) is 0 Å². The van der Waals surface area contributed by atoms with Crippen LogP contribution in [0.2, 0.25) is 5.02 Å².